The van der Waals surface area contributed by atoms with Crippen molar-refractivity contribution in [3.63, 3.8) is 0 Å². The van der Waals surface area contributed by atoms with Crippen LogP contribution in [0.2, 0.25) is 0 Å². The van der Waals surface area contributed by atoms with Crippen molar-refractivity contribution in [1.82, 2.24) is 10.2 Å². The van der Waals surface area contributed by atoms with E-state index in [1.807, 2.05) is 37.4 Å². The van der Waals surface area contributed by atoms with Crippen molar-refractivity contribution in [1.29, 1.82) is 0 Å². The summed E-state index contributed by atoms with van der Waals surface area (Å²) in [5.41, 5.74) is 9.26. The second kappa shape index (κ2) is 5.46. The molecule has 0 amide bonds. The van der Waals surface area contributed by atoms with E-state index in [1.165, 1.54) is 0 Å². The molecule has 0 spiro atoms. The van der Waals surface area contributed by atoms with Gasteiger partial charge >= 0.3 is 0 Å². The van der Waals surface area contributed by atoms with E-state index in [1.54, 1.807) is 7.11 Å². The summed E-state index contributed by atoms with van der Waals surface area (Å²) in [6.07, 6.45) is 0. The molecule has 0 bridgehead atoms. The van der Waals surface area contributed by atoms with Gasteiger partial charge in [-0.3, -0.25) is 0 Å². The number of nitrogens with two attached hydrogens (primary N) is 1. The lowest BCUT2D eigenvalue weighted by Gasteiger charge is -2.08. The van der Waals surface area contributed by atoms with Crippen LogP contribution in [0.25, 0.3) is 11.3 Å². The fraction of sp³-hybridized carbons (Fsp3) is 0.231. The maximum atomic E-state index is 5.57. The van der Waals surface area contributed by atoms with Gasteiger partial charge in [0.1, 0.15) is 5.69 Å². The van der Waals surface area contributed by atoms with E-state index in [2.05, 4.69) is 15.5 Å². The fourth-order valence-electron chi connectivity index (χ4n) is 1.66. The Bertz CT molecular complexity index is 525. The van der Waals surface area contributed by atoms with Gasteiger partial charge in [0.05, 0.1) is 12.8 Å². The van der Waals surface area contributed by atoms with Crippen LogP contribution in [-0.2, 0) is 6.54 Å². The van der Waals surface area contributed by atoms with Crippen molar-refractivity contribution in [3.05, 3.63) is 35.9 Å². The molecule has 0 radical (unpaired) electrons. The highest BCUT2D eigenvalue weighted by atomic mass is 16.5. The summed E-state index contributed by atoms with van der Waals surface area (Å²) < 4.78 is 5.11. The van der Waals surface area contributed by atoms with Crippen LogP contribution in [0.15, 0.2) is 30.3 Å². The monoisotopic (exact) mass is 244 g/mol. The SMILES string of the molecule is CNc1cc(-c2ccc(CN)cc2)nnc1OC. The normalized spacial score (nSPS) is 10.2. The summed E-state index contributed by atoms with van der Waals surface area (Å²) in [6.45, 7) is 0.538. The maximum Gasteiger partial charge on any atom is 0.256 e. The van der Waals surface area contributed by atoms with Gasteiger partial charge in [0.15, 0.2) is 0 Å². The maximum absolute atomic E-state index is 5.57. The fourth-order valence-corrected chi connectivity index (χ4v) is 1.66. The van der Waals surface area contributed by atoms with E-state index in [9.17, 15) is 0 Å². The van der Waals surface area contributed by atoms with Crippen LogP contribution in [0.5, 0.6) is 5.88 Å². The number of methoxy groups -OCH3 is 1. The van der Waals surface area contributed by atoms with Crippen LogP contribution in [-0.4, -0.2) is 24.4 Å². The first kappa shape index (κ1) is 12.3. The molecule has 0 unspecified atom stereocenters. The highest BCUT2D eigenvalue weighted by molar-refractivity contribution is 5.66. The second-order valence-electron chi connectivity index (χ2n) is 3.80. The Kier molecular flexibility index (Phi) is 3.74. The molecule has 0 aliphatic rings. The molecule has 2 aromatic rings. The summed E-state index contributed by atoms with van der Waals surface area (Å²) in [4.78, 5) is 0. The average molecular weight is 244 g/mol. The zero-order chi connectivity index (χ0) is 13.0. The Balaban J connectivity index is 2.37. The zero-order valence-corrected chi connectivity index (χ0v) is 10.5. The van der Waals surface area contributed by atoms with Gasteiger partial charge in [-0.2, -0.15) is 0 Å². The Labute approximate surface area is 106 Å². The van der Waals surface area contributed by atoms with Gasteiger partial charge in [-0.05, 0) is 11.6 Å². The molecule has 0 aliphatic carbocycles. The number of nitrogens with zero attached hydrogens (tertiary/aromatic N) is 2. The number of hydrogen-bond donors (Lipinski definition) is 2. The van der Waals surface area contributed by atoms with Crippen molar-refractivity contribution in [2.75, 3.05) is 19.5 Å². The third-order valence-electron chi connectivity index (χ3n) is 2.71. The van der Waals surface area contributed by atoms with Gasteiger partial charge in [0.2, 0.25) is 0 Å². The minimum Gasteiger partial charge on any atom is -0.478 e. The van der Waals surface area contributed by atoms with E-state index in [0.29, 0.717) is 12.4 Å². The van der Waals surface area contributed by atoms with Crippen LogP contribution in [0.3, 0.4) is 0 Å². The molecule has 0 saturated carbocycles. The van der Waals surface area contributed by atoms with Crippen LogP contribution in [0.1, 0.15) is 5.56 Å². The Morgan fingerprint density at radius 3 is 2.50 bits per heavy atom. The van der Waals surface area contributed by atoms with Gasteiger partial charge in [0.25, 0.3) is 5.88 Å². The first-order chi connectivity index (χ1) is 8.78. The van der Waals surface area contributed by atoms with Crippen molar-refractivity contribution in [2.45, 2.75) is 6.54 Å². The molecule has 1 aromatic heterocycles. The van der Waals surface area contributed by atoms with Crippen molar-refractivity contribution < 1.29 is 4.74 Å². The summed E-state index contributed by atoms with van der Waals surface area (Å²) in [5, 5.41) is 11.2. The standard InChI is InChI=1S/C13H16N4O/c1-15-12-7-11(16-17-13(12)18-2)10-5-3-9(8-14)4-6-10/h3-7H,8,14H2,1-2H3,(H,15,16). The quantitative estimate of drug-likeness (QED) is 0.855. The zero-order valence-electron chi connectivity index (χ0n) is 10.5. The number of nitrogens with one attached hydrogen (secondary N) is 1. The predicted octanol–water partition coefficient (Wildman–Crippen LogP) is 1.65. The summed E-state index contributed by atoms with van der Waals surface area (Å²) in [5.74, 6) is 0.486. The van der Waals surface area contributed by atoms with Gasteiger partial charge in [-0.25, -0.2) is 0 Å². The molecular weight excluding hydrogens is 228 g/mol. The van der Waals surface area contributed by atoms with Gasteiger partial charge in [0, 0.05) is 19.2 Å². The first-order valence-electron chi connectivity index (χ1n) is 5.67. The molecule has 5 nitrogen and oxygen atoms in total. The Hall–Kier alpha value is -2.14. The van der Waals surface area contributed by atoms with Crippen LogP contribution >= 0.6 is 0 Å². The highest BCUT2D eigenvalue weighted by Crippen LogP contribution is 2.25. The molecular formula is C13H16N4O. The smallest absolute Gasteiger partial charge is 0.256 e. The molecule has 0 aliphatic heterocycles. The number of benzene rings is 1. The van der Waals surface area contributed by atoms with E-state index in [0.717, 1.165) is 22.5 Å². The molecule has 0 saturated heterocycles. The molecule has 18 heavy (non-hydrogen) atoms. The Morgan fingerprint density at radius 2 is 1.94 bits per heavy atom. The number of ether oxygens (including phenoxy) is 1. The summed E-state index contributed by atoms with van der Waals surface area (Å²) >= 11 is 0. The second-order valence-corrected chi connectivity index (χ2v) is 3.80. The number of anilines is 1. The van der Waals surface area contributed by atoms with E-state index >= 15 is 0 Å². The summed E-state index contributed by atoms with van der Waals surface area (Å²) in [6, 6.07) is 9.85. The molecule has 1 aromatic carbocycles. The molecule has 94 valence electrons. The van der Waals surface area contributed by atoms with Crippen LogP contribution in [0.4, 0.5) is 5.69 Å². The predicted molar refractivity (Wildman–Crippen MR) is 71.5 cm³/mol. The van der Waals surface area contributed by atoms with E-state index in [-0.39, 0.29) is 0 Å². The van der Waals surface area contributed by atoms with E-state index < -0.39 is 0 Å². The van der Waals surface area contributed by atoms with Crippen LogP contribution < -0.4 is 15.8 Å². The summed E-state index contributed by atoms with van der Waals surface area (Å²) in [7, 11) is 3.39. The Morgan fingerprint density at radius 1 is 1.22 bits per heavy atom. The highest BCUT2D eigenvalue weighted by Gasteiger charge is 2.07. The number of rotatable bonds is 4. The lowest BCUT2D eigenvalue weighted by molar-refractivity contribution is 0.394. The molecule has 0 atom stereocenters. The third kappa shape index (κ3) is 2.41. The lowest BCUT2D eigenvalue weighted by atomic mass is 10.1. The van der Waals surface area contributed by atoms with Gasteiger partial charge < -0.3 is 15.8 Å². The number of hydrogen-bond acceptors (Lipinski definition) is 5. The molecule has 2 rings (SSSR count). The minimum atomic E-state index is 0.486. The van der Waals surface area contributed by atoms with Crippen molar-refractivity contribution in [2.24, 2.45) is 5.73 Å². The minimum absolute atomic E-state index is 0.486. The molecule has 5 heteroatoms. The molecule has 0 fully saturated rings. The molecule has 1 heterocycles. The van der Waals surface area contributed by atoms with E-state index in [4.69, 9.17) is 10.5 Å². The largest absolute Gasteiger partial charge is 0.478 e. The van der Waals surface area contributed by atoms with Gasteiger partial charge in [-0.1, -0.05) is 24.3 Å². The topological polar surface area (TPSA) is 73.1 Å². The molecule has 3 N–H and O–H groups in total. The third-order valence-corrected chi connectivity index (χ3v) is 2.71. The first-order valence-corrected chi connectivity index (χ1v) is 5.67. The van der Waals surface area contributed by atoms with Crippen LogP contribution in [0, 0.1) is 0 Å². The van der Waals surface area contributed by atoms with Crippen molar-refractivity contribution >= 4 is 5.69 Å². The van der Waals surface area contributed by atoms with Crippen molar-refractivity contribution in [3.8, 4) is 17.1 Å². The number of aromatic nitrogens is 2. The van der Waals surface area contributed by atoms with Gasteiger partial charge in [-0.15, -0.1) is 10.2 Å². The lowest BCUT2D eigenvalue weighted by Crippen LogP contribution is -2.00. The average Bonchev–Trinajstić information content (AvgIpc) is 2.46.